The first kappa shape index (κ1) is 14.4. The smallest absolute Gasteiger partial charge is 0.303 e. The Balaban J connectivity index is 2.49. The van der Waals surface area contributed by atoms with E-state index in [1.807, 2.05) is 6.92 Å². The van der Waals surface area contributed by atoms with Gasteiger partial charge in [0.2, 0.25) is 0 Å². The summed E-state index contributed by atoms with van der Waals surface area (Å²) in [5.74, 6) is -0.927. The molecule has 0 aliphatic heterocycles. The van der Waals surface area contributed by atoms with Crippen molar-refractivity contribution < 1.29 is 19.0 Å². The topological polar surface area (TPSA) is 72.6 Å². The van der Waals surface area contributed by atoms with Crippen molar-refractivity contribution in [2.24, 2.45) is 11.7 Å². The summed E-state index contributed by atoms with van der Waals surface area (Å²) in [6.07, 6.45) is 0.340. The Morgan fingerprint density at radius 1 is 1.56 bits per heavy atom. The minimum Gasteiger partial charge on any atom is -0.491 e. The summed E-state index contributed by atoms with van der Waals surface area (Å²) in [6, 6.07) is 5.86. The third kappa shape index (κ3) is 5.14. The standard InChI is InChI=1S/C13H18FNO3/c1-9(5-10(8-15)6-13(16)17)18-12-4-2-3-11(14)7-12/h2-4,7,9-10H,5-6,8,15H2,1H3,(H,16,17). The summed E-state index contributed by atoms with van der Waals surface area (Å²) in [4.78, 5) is 10.6. The van der Waals surface area contributed by atoms with Crippen molar-refractivity contribution in [3.63, 3.8) is 0 Å². The van der Waals surface area contributed by atoms with Crippen molar-refractivity contribution in [3.05, 3.63) is 30.1 Å². The maximum atomic E-state index is 12.9. The van der Waals surface area contributed by atoms with E-state index in [-0.39, 0.29) is 24.3 Å². The first-order valence-corrected chi connectivity index (χ1v) is 5.85. The molecule has 0 saturated carbocycles. The molecule has 1 aromatic rings. The molecule has 0 aliphatic carbocycles. The second-order valence-electron chi connectivity index (χ2n) is 4.32. The van der Waals surface area contributed by atoms with Crippen molar-refractivity contribution in [1.29, 1.82) is 0 Å². The number of halogens is 1. The van der Waals surface area contributed by atoms with E-state index >= 15 is 0 Å². The van der Waals surface area contributed by atoms with Gasteiger partial charge in [0.25, 0.3) is 0 Å². The van der Waals surface area contributed by atoms with Crippen LogP contribution in [0.4, 0.5) is 4.39 Å². The minimum atomic E-state index is -0.872. The van der Waals surface area contributed by atoms with Gasteiger partial charge in [0.05, 0.1) is 6.10 Å². The molecule has 100 valence electrons. The van der Waals surface area contributed by atoms with Crippen LogP contribution in [-0.2, 0) is 4.79 Å². The van der Waals surface area contributed by atoms with Crippen LogP contribution in [0.25, 0.3) is 0 Å². The first-order valence-electron chi connectivity index (χ1n) is 5.85. The third-order valence-electron chi connectivity index (χ3n) is 2.60. The van der Waals surface area contributed by atoms with Crippen molar-refractivity contribution in [2.45, 2.75) is 25.9 Å². The van der Waals surface area contributed by atoms with Crippen LogP contribution < -0.4 is 10.5 Å². The predicted molar refractivity (Wildman–Crippen MR) is 65.9 cm³/mol. The number of hydrogen-bond donors (Lipinski definition) is 2. The lowest BCUT2D eigenvalue weighted by Gasteiger charge is -2.19. The normalized spacial score (nSPS) is 13.9. The quantitative estimate of drug-likeness (QED) is 0.782. The number of rotatable bonds is 7. The predicted octanol–water partition coefficient (Wildman–Crippen LogP) is 2.03. The second kappa shape index (κ2) is 6.96. The Morgan fingerprint density at radius 3 is 2.83 bits per heavy atom. The van der Waals surface area contributed by atoms with Crippen LogP contribution in [0.3, 0.4) is 0 Å². The highest BCUT2D eigenvalue weighted by Gasteiger charge is 2.16. The SMILES string of the molecule is CC(CC(CN)CC(=O)O)Oc1cccc(F)c1. The number of aliphatic carboxylic acids is 1. The van der Waals surface area contributed by atoms with Crippen LogP contribution in [-0.4, -0.2) is 23.7 Å². The van der Waals surface area contributed by atoms with Crippen molar-refractivity contribution in [1.82, 2.24) is 0 Å². The van der Waals surface area contributed by atoms with Gasteiger partial charge >= 0.3 is 5.97 Å². The van der Waals surface area contributed by atoms with Crippen LogP contribution in [0.5, 0.6) is 5.75 Å². The molecule has 0 fully saturated rings. The largest absolute Gasteiger partial charge is 0.491 e. The van der Waals surface area contributed by atoms with E-state index in [0.29, 0.717) is 18.7 Å². The highest BCUT2D eigenvalue weighted by molar-refractivity contribution is 5.67. The fraction of sp³-hybridized carbons (Fsp3) is 0.462. The number of hydrogen-bond acceptors (Lipinski definition) is 3. The van der Waals surface area contributed by atoms with Gasteiger partial charge in [0, 0.05) is 12.5 Å². The number of carboxylic acid groups (broad SMARTS) is 1. The van der Waals surface area contributed by atoms with Gasteiger partial charge in [0.1, 0.15) is 11.6 Å². The molecule has 2 unspecified atom stereocenters. The molecule has 1 aromatic carbocycles. The average molecular weight is 255 g/mol. The summed E-state index contributed by atoms with van der Waals surface area (Å²) >= 11 is 0. The van der Waals surface area contributed by atoms with Crippen molar-refractivity contribution >= 4 is 5.97 Å². The van der Waals surface area contributed by atoms with Crippen LogP contribution >= 0.6 is 0 Å². The molecule has 0 radical (unpaired) electrons. The maximum Gasteiger partial charge on any atom is 0.303 e. The van der Waals surface area contributed by atoms with Crippen LogP contribution in [0.2, 0.25) is 0 Å². The molecule has 4 nitrogen and oxygen atoms in total. The molecule has 5 heteroatoms. The first-order chi connectivity index (χ1) is 8.51. The summed E-state index contributed by atoms with van der Waals surface area (Å²) in [7, 11) is 0. The van der Waals surface area contributed by atoms with Gasteiger partial charge < -0.3 is 15.6 Å². The third-order valence-corrected chi connectivity index (χ3v) is 2.60. The summed E-state index contributed by atoms with van der Waals surface area (Å²) < 4.78 is 18.5. The monoisotopic (exact) mass is 255 g/mol. The van der Waals surface area contributed by atoms with Gasteiger partial charge in [-0.25, -0.2) is 4.39 Å². The molecule has 0 aliphatic rings. The molecule has 0 aromatic heterocycles. The van der Waals surface area contributed by atoms with E-state index < -0.39 is 5.97 Å². The molecular weight excluding hydrogens is 237 g/mol. The van der Waals surface area contributed by atoms with Gasteiger partial charge in [-0.05, 0) is 37.9 Å². The molecule has 18 heavy (non-hydrogen) atoms. The Kier molecular flexibility index (Phi) is 5.58. The number of carboxylic acids is 1. The molecule has 3 N–H and O–H groups in total. The number of nitrogens with two attached hydrogens (primary N) is 1. The lowest BCUT2D eigenvalue weighted by Crippen LogP contribution is -2.24. The molecule has 0 bridgehead atoms. The zero-order chi connectivity index (χ0) is 13.5. The molecule has 0 saturated heterocycles. The van der Waals surface area contributed by atoms with E-state index in [9.17, 15) is 9.18 Å². The zero-order valence-corrected chi connectivity index (χ0v) is 10.3. The minimum absolute atomic E-state index is 0.0212. The molecular formula is C13H18FNO3. The van der Waals surface area contributed by atoms with E-state index in [2.05, 4.69) is 0 Å². The highest BCUT2D eigenvalue weighted by atomic mass is 19.1. The van der Waals surface area contributed by atoms with Gasteiger partial charge in [-0.2, -0.15) is 0 Å². The summed E-state index contributed by atoms with van der Waals surface area (Å²) in [5.41, 5.74) is 5.51. The molecule has 2 atom stereocenters. The van der Waals surface area contributed by atoms with Gasteiger partial charge in [0.15, 0.2) is 0 Å². The lowest BCUT2D eigenvalue weighted by atomic mass is 9.99. The van der Waals surface area contributed by atoms with Crippen molar-refractivity contribution in [3.8, 4) is 5.75 Å². The van der Waals surface area contributed by atoms with Crippen LogP contribution in [0.15, 0.2) is 24.3 Å². The Labute approximate surface area is 106 Å². The van der Waals surface area contributed by atoms with E-state index in [1.165, 1.54) is 12.1 Å². The summed E-state index contributed by atoms with van der Waals surface area (Å²) in [6.45, 7) is 2.11. The molecule has 0 heterocycles. The highest BCUT2D eigenvalue weighted by Crippen LogP contribution is 2.18. The van der Waals surface area contributed by atoms with Gasteiger partial charge in [-0.1, -0.05) is 6.07 Å². The Morgan fingerprint density at radius 2 is 2.28 bits per heavy atom. The van der Waals surface area contributed by atoms with Crippen LogP contribution in [0.1, 0.15) is 19.8 Å². The van der Waals surface area contributed by atoms with E-state index in [4.69, 9.17) is 15.6 Å². The van der Waals surface area contributed by atoms with Crippen molar-refractivity contribution in [2.75, 3.05) is 6.54 Å². The Bertz CT molecular complexity index is 398. The fourth-order valence-electron chi connectivity index (χ4n) is 1.80. The number of benzene rings is 1. The Hall–Kier alpha value is -1.62. The fourth-order valence-corrected chi connectivity index (χ4v) is 1.80. The van der Waals surface area contributed by atoms with Gasteiger partial charge in [-0.15, -0.1) is 0 Å². The summed E-state index contributed by atoms with van der Waals surface area (Å²) in [5, 5.41) is 8.71. The molecule has 0 amide bonds. The molecule has 0 spiro atoms. The van der Waals surface area contributed by atoms with E-state index in [0.717, 1.165) is 0 Å². The lowest BCUT2D eigenvalue weighted by molar-refractivity contribution is -0.138. The molecule has 1 rings (SSSR count). The number of carbonyl (C=O) groups is 1. The van der Waals surface area contributed by atoms with Crippen LogP contribution in [0, 0.1) is 11.7 Å². The second-order valence-corrected chi connectivity index (χ2v) is 4.32. The maximum absolute atomic E-state index is 12.9. The average Bonchev–Trinajstić information content (AvgIpc) is 2.27. The zero-order valence-electron chi connectivity index (χ0n) is 10.3. The van der Waals surface area contributed by atoms with E-state index in [1.54, 1.807) is 12.1 Å². The number of ether oxygens (including phenoxy) is 1. The van der Waals surface area contributed by atoms with Gasteiger partial charge in [-0.3, -0.25) is 4.79 Å².